The molecule has 1 aliphatic rings. The molecule has 1 rings (SSSR count). The van der Waals surface area contributed by atoms with Crippen molar-refractivity contribution in [3.05, 3.63) is 0 Å². The Labute approximate surface area is 135 Å². The van der Waals surface area contributed by atoms with Crippen LogP contribution in [0.3, 0.4) is 0 Å². The van der Waals surface area contributed by atoms with Crippen LogP contribution in [0.1, 0.15) is 34.6 Å². The van der Waals surface area contributed by atoms with E-state index < -0.39 is 29.7 Å². The Kier molecular flexibility index (Phi) is 6.10. The molecule has 0 saturated carbocycles. The second kappa shape index (κ2) is 7.21. The number of ether oxygens (including phenoxy) is 2. The maximum absolute atomic E-state index is 12.4. The second-order valence-electron chi connectivity index (χ2n) is 6.37. The highest BCUT2D eigenvalue weighted by Gasteiger charge is 2.43. The molecule has 126 valence electrons. The monoisotopic (exact) mass is 332 g/mol. The molecule has 0 spiro atoms. The van der Waals surface area contributed by atoms with Crippen molar-refractivity contribution in [1.29, 1.82) is 0 Å². The number of carbonyl (C=O) groups is 3. The normalized spacial score (nSPS) is 20.0. The summed E-state index contributed by atoms with van der Waals surface area (Å²) in [6, 6.07) is -1.38. The molecule has 0 radical (unpaired) electrons. The fourth-order valence-corrected chi connectivity index (χ4v) is 3.25. The lowest BCUT2D eigenvalue weighted by atomic mass is 10.0. The number of carbonyl (C=O) groups excluding carboxylic acids is 3. The van der Waals surface area contributed by atoms with Gasteiger partial charge in [-0.1, -0.05) is 13.8 Å². The molecule has 0 bridgehead atoms. The quantitative estimate of drug-likeness (QED) is 0.621. The molecule has 0 aromatic heterocycles. The van der Waals surface area contributed by atoms with E-state index in [4.69, 9.17) is 9.47 Å². The van der Waals surface area contributed by atoms with Crippen LogP contribution < -0.4 is 5.32 Å². The number of hydrogen-bond acceptors (Lipinski definition) is 6. The smallest absolute Gasteiger partial charge is 0.408 e. The predicted octanol–water partition coefficient (Wildman–Crippen LogP) is 1.57. The van der Waals surface area contributed by atoms with Crippen LogP contribution in [0.5, 0.6) is 0 Å². The van der Waals surface area contributed by atoms with Crippen LogP contribution >= 0.6 is 11.9 Å². The number of esters is 1. The molecule has 0 aromatic carbocycles. The molecule has 2 amide bonds. The number of rotatable bonds is 4. The van der Waals surface area contributed by atoms with Crippen LogP contribution in [0, 0.1) is 5.92 Å². The van der Waals surface area contributed by atoms with E-state index in [1.807, 2.05) is 13.8 Å². The second-order valence-corrected chi connectivity index (χ2v) is 7.36. The third-order valence-corrected chi connectivity index (χ3v) is 4.08. The van der Waals surface area contributed by atoms with Crippen molar-refractivity contribution in [1.82, 2.24) is 9.62 Å². The lowest BCUT2D eigenvalue weighted by Gasteiger charge is -2.27. The number of amides is 2. The number of hydrogen-bond donors (Lipinski definition) is 1. The molecular weight excluding hydrogens is 308 g/mol. The summed E-state index contributed by atoms with van der Waals surface area (Å²) in [7, 11) is 1.29. The maximum atomic E-state index is 12.4. The van der Waals surface area contributed by atoms with Crippen molar-refractivity contribution in [2.24, 2.45) is 5.92 Å². The van der Waals surface area contributed by atoms with Crippen LogP contribution in [0.4, 0.5) is 4.79 Å². The van der Waals surface area contributed by atoms with Gasteiger partial charge in [0.2, 0.25) is 0 Å². The average Bonchev–Trinajstić information content (AvgIpc) is 2.69. The van der Waals surface area contributed by atoms with Gasteiger partial charge in [0.25, 0.3) is 5.91 Å². The zero-order valence-electron chi connectivity index (χ0n) is 13.8. The fourth-order valence-electron chi connectivity index (χ4n) is 1.97. The van der Waals surface area contributed by atoms with Gasteiger partial charge in [0, 0.05) is 5.75 Å². The number of methoxy groups -OCH3 is 1. The van der Waals surface area contributed by atoms with E-state index in [9.17, 15) is 14.4 Å². The molecule has 7 nitrogen and oxygen atoms in total. The third-order valence-electron chi connectivity index (χ3n) is 2.91. The van der Waals surface area contributed by atoms with Crippen molar-refractivity contribution in [3.8, 4) is 0 Å². The molecule has 0 unspecified atom stereocenters. The third kappa shape index (κ3) is 4.79. The van der Waals surface area contributed by atoms with E-state index in [0.29, 0.717) is 5.75 Å². The molecule has 1 heterocycles. The van der Waals surface area contributed by atoms with Gasteiger partial charge in [-0.3, -0.25) is 9.10 Å². The van der Waals surface area contributed by atoms with Gasteiger partial charge < -0.3 is 14.8 Å². The summed E-state index contributed by atoms with van der Waals surface area (Å²) in [5.74, 6) is -0.518. The minimum absolute atomic E-state index is 0.0934. The molecule has 2 atom stereocenters. The molecular formula is C14H24N2O5S. The van der Waals surface area contributed by atoms with Crippen LogP contribution in [0.25, 0.3) is 0 Å². The Bertz CT molecular complexity index is 447. The highest BCUT2D eigenvalue weighted by molar-refractivity contribution is 7.98. The van der Waals surface area contributed by atoms with Crippen molar-refractivity contribution >= 4 is 29.9 Å². The molecule has 22 heavy (non-hydrogen) atoms. The SMILES string of the molecule is COC(=O)[C@H](C(C)C)N1SC[C@H](NC(=O)OC(C)(C)C)C1=O. The van der Waals surface area contributed by atoms with E-state index >= 15 is 0 Å². The summed E-state index contributed by atoms with van der Waals surface area (Å²) in [6.45, 7) is 8.91. The van der Waals surface area contributed by atoms with Crippen molar-refractivity contribution in [3.63, 3.8) is 0 Å². The average molecular weight is 332 g/mol. The van der Waals surface area contributed by atoms with Crippen molar-refractivity contribution in [2.75, 3.05) is 12.9 Å². The zero-order chi connectivity index (χ0) is 17.1. The Morgan fingerprint density at radius 3 is 2.41 bits per heavy atom. The minimum Gasteiger partial charge on any atom is -0.467 e. The summed E-state index contributed by atoms with van der Waals surface area (Å²) in [5, 5.41) is 2.54. The van der Waals surface area contributed by atoms with Gasteiger partial charge in [-0.05, 0) is 38.6 Å². The van der Waals surface area contributed by atoms with E-state index in [1.165, 1.54) is 23.4 Å². The molecule has 8 heteroatoms. The van der Waals surface area contributed by atoms with Gasteiger partial charge in [-0.25, -0.2) is 9.59 Å². The lowest BCUT2D eigenvalue weighted by Crippen LogP contribution is -2.49. The van der Waals surface area contributed by atoms with Crippen LogP contribution in [-0.2, 0) is 19.1 Å². The molecule has 1 aliphatic heterocycles. The van der Waals surface area contributed by atoms with E-state index in [1.54, 1.807) is 20.8 Å². The van der Waals surface area contributed by atoms with Crippen molar-refractivity contribution in [2.45, 2.75) is 52.3 Å². The molecule has 0 aromatic rings. The first kappa shape index (κ1) is 18.6. The Morgan fingerprint density at radius 1 is 1.36 bits per heavy atom. The summed E-state index contributed by atoms with van der Waals surface area (Å²) >= 11 is 1.21. The topological polar surface area (TPSA) is 84.9 Å². The Morgan fingerprint density at radius 2 is 1.95 bits per heavy atom. The van der Waals surface area contributed by atoms with Gasteiger partial charge in [0.1, 0.15) is 17.7 Å². The van der Waals surface area contributed by atoms with E-state index in [-0.39, 0.29) is 11.8 Å². The number of nitrogens with one attached hydrogen (secondary N) is 1. The Balaban J connectivity index is 2.72. The van der Waals surface area contributed by atoms with Crippen LogP contribution in [-0.4, -0.2) is 52.8 Å². The molecule has 1 fully saturated rings. The first-order chi connectivity index (χ1) is 10.1. The van der Waals surface area contributed by atoms with Gasteiger partial charge in [-0.2, -0.15) is 0 Å². The minimum atomic E-state index is -0.703. The van der Waals surface area contributed by atoms with Crippen molar-refractivity contribution < 1.29 is 23.9 Å². The first-order valence-corrected chi connectivity index (χ1v) is 8.04. The van der Waals surface area contributed by atoms with Gasteiger partial charge in [-0.15, -0.1) is 0 Å². The van der Waals surface area contributed by atoms with Gasteiger partial charge >= 0.3 is 12.1 Å². The summed E-state index contributed by atoms with van der Waals surface area (Å²) in [6.07, 6.45) is -0.646. The summed E-state index contributed by atoms with van der Waals surface area (Å²) in [5.41, 5.74) is -0.634. The van der Waals surface area contributed by atoms with Gasteiger partial charge in [0.05, 0.1) is 7.11 Å². The Hall–Kier alpha value is -1.44. The zero-order valence-corrected chi connectivity index (χ0v) is 14.7. The molecule has 1 N–H and O–H groups in total. The number of nitrogens with zero attached hydrogens (tertiary/aromatic N) is 1. The first-order valence-electron chi connectivity index (χ1n) is 7.10. The largest absolute Gasteiger partial charge is 0.467 e. The standard InChI is InChI=1S/C14H24N2O5S/c1-8(2)10(12(18)20-6)16-11(17)9(7-22-16)15-13(19)21-14(3,4)5/h8-10H,7H2,1-6H3,(H,15,19)/t9-,10-/m0/s1. The summed E-state index contributed by atoms with van der Waals surface area (Å²) < 4.78 is 11.3. The highest BCUT2D eigenvalue weighted by Crippen LogP contribution is 2.29. The van der Waals surface area contributed by atoms with E-state index in [0.717, 1.165) is 0 Å². The lowest BCUT2D eigenvalue weighted by molar-refractivity contribution is -0.150. The van der Waals surface area contributed by atoms with E-state index in [2.05, 4.69) is 5.32 Å². The molecule has 1 saturated heterocycles. The summed E-state index contributed by atoms with van der Waals surface area (Å²) in [4.78, 5) is 36.0. The number of alkyl carbamates (subject to hydrolysis) is 1. The molecule has 0 aliphatic carbocycles. The predicted molar refractivity (Wildman–Crippen MR) is 83.1 cm³/mol. The maximum Gasteiger partial charge on any atom is 0.408 e. The van der Waals surface area contributed by atoms with Crippen LogP contribution in [0.2, 0.25) is 0 Å². The fraction of sp³-hybridized carbons (Fsp3) is 0.786. The van der Waals surface area contributed by atoms with Gasteiger partial charge in [0.15, 0.2) is 0 Å². The highest BCUT2D eigenvalue weighted by atomic mass is 32.2. The van der Waals surface area contributed by atoms with Crippen LogP contribution in [0.15, 0.2) is 0 Å².